The average Bonchev–Trinajstić information content (AvgIpc) is 2.37. The van der Waals surface area contributed by atoms with Gasteiger partial charge < -0.3 is 5.73 Å². The van der Waals surface area contributed by atoms with Crippen molar-refractivity contribution in [3.8, 4) is 0 Å². The van der Waals surface area contributed by atoms with Gasteiger partial charge in [0.05, 0.1) is 21.3 Å². The largest absolute Gasteiger partial charge is 0.396 e. The fraction of sp³-hybridized carbons (Fsp3) is 0. The minimum Gasteiger partial charge on any atom is -0.396 e. The molecule has 4 nitrogen and oxygen atoms in total. The summed E-state index contributed by atoms with van der Waals surface area (Å²) >= 11 is 8.95. The van der Waals surface area contributed by atoms with Crippen LogP contribution >= 0.6 is 27.5 Å². The lowest BCUT2D eigenvalue weighted by atomic mass is 10.3. The van der Waals surface area contributed by atoms with E-state index in [2.05, 4.69) is 20.7 Å². The molecule has 106 valence electrons. The third kappa shape index (κ3) is 3.23. The van der Waals surface area contributed by atoms with Crippen molar-refractivity contribution in [2.45, 2.75) is 4.90 Å². The van der Waals surface area contributed by atoms with Crippen LogP contribution in [0.2, 0.25) is 5.02 Å². The van der Waals surface area contributed by atoms with Gasteiger partial charge >= 0.3 is 0 Å². The number of benzene rings is 2. The molecule has 0 aliphatic heterocycles. The van der Waals surface area contributed by atoms with Crippen LogP contribution < -0.4 is 10.5 Å². The van der Waals surface area contributed by atoms with Crippen LogP contribution in [0.5, 0.6) is 0 Å². The van der Waals surface area contributed by atoms with Crippen LogP contribution in [0.4, 0.5) is 15.8 Å². The van der Waals surface area contributed by atoms with Crippen LogP contribution in [0.15, 0.2) is 45.8 Å². The van der Waals surface area contributed by atoms with E-state index >= 15 is 0 Å². The number of rotatable bonds is 3. The molecular formula is C12H9BrClFN2O2S. The Bertz CT molecular complexity index is 768. The third-order valence-electron chi connectivity index (χ3n) is 2.45. The van der Waals surface area contributed by atoms with Crippen LogP contribution in [0.25, 0.3) is 0 Å². The quantitative estimate of drug-likeness (QED) is 0.800. The van der Waals surface area contributed by atoms with Crippen molar-refractivity contribution in [2.75, 3.05) is 10.5 Å². The Hall–Kier alpha value is -1.31. The zero-order valence-electron chi connectivity index (χ0n) is 9.90. The van der Waals surface area contributed by atoms with E-state index in [0.717, 1.165) is 6.07 Å². The summed E-state index contributed by atoms with van der Waals surface area (Å²) < 4.78 is 40.3. The summed E-state index contributed by atoms with van der Waals surface area (Å²) in [6.07, 6.45) is 0. The lowest BCUT2D eigenvalue weighted by Gasteiger charge is -2.09. The molecule has 20 heavy (non-hydrogen) atoms. The first-order valence-corrected chi connectivity index (χ1v) is 7.98. The van der Waals surface area contributed by atoms with Gasteiger partial charge in [0, 0.05) is 10.5 Å². The standard InChI is InChI=1S/C12H9BrClFN2O2S/c13-9-6-8(2-3-10(9)14)20(18,19)17-7-1-4-12(16)11(15)5-7/h1-6,17H,16H2. The van der Waals surface area contributed by atoms with E-state index in [9.17, 15) is 12.8 Å². The number of halogens is 3. The van der Waals surface area contributed by atoms with E-state index < -0.39 is 15.8 Å². The maximum absolute atomic E-state index is 13.3. The van der Waals surface area contributed by atoms with E-state index in [1.54, 1.807) is 0 Å². The van der Waals surface area contributed by atoms with Crippen molar-refractivity contribution in [1.29, 1.82) is 0 Å². The van der Waals surface area contributed by atoms with E-state index in [0.29, 0.717) is 9.50 Å². The minimum atomic E-state index is -3.83. The molecule has 8 heteroatoms. The number of nitrogen functional groups attached to an aromatic ring is 1. The predicted octanol–water partition coefficient (Wildman–Crippen LogP) is 3.62. The normalized spacial score (nSPS) is 11.3. The van der Waals surface area contributed by atoms with Crippen LogP contribution in [-0.2, 0) is 10.0 Å². The van der Waals surface area contributed by atoms with Gasteiger partial charge in [-0.2, -0.15) is 0 Å². The van der Waals surface area contributed by atoms with Gasteiger partial charge in [0.1, 0.15) is 5.82 Å². The number of hydrogen-bond donors (Lipinski definition) is 2. The second-order valence-electron chi connectivity index (χ2n) is 3.92. The highest BCUT2D eigenvalue weighted by Crippen LogP contribution is 2.26. The molecule has 0 spiro atoms. The molecule has 0 saturated carbocycles. The Morgan fingerprint density at radius 1 is 1.20 bits per heavy atom. The summed E-state index contributed by atoms with van der Waals surface area (Å²) in [5.41, 5.74) is 5.36. The van der Waals surface area contributed by atoms with Crippen molar-refractivity contribution in [3.63, 3.8) is 0 Å². The fourth-order valence-corrected chi connectivity index (χ4v) is 3.17. The molecule has 0 heterocycles. The summed E-state index contributed by atoms with van der Waals surface area (Å²) in [6.45, 7) is 0. The van der Waals surface area contributed by atoms with Crippen molar-refractivity contribution in [2.24, 2.45) is 0 Å². The molecule has 3 N–H and O–H groups in total. The Morgan fingerprint density at radius 2 is 1.90 bits per heavy atom. The van der Waals surface area contributed by atoms with E-state index in [1.165, 1.54) is 30.3 Å². The highest BCUT2D eigenvalue weighted by atomic mass is 79.9. The van der Waals surface area contributed by atoms with Gasteiger partial charge in [0.15, 0.2) is 0 Å². The van der Waals surface area contributed by atoms with Crippen LogP contribution in [0.1, 0.15) is 0 Å². The van der Waals surface area contributed by atoms with E-state index in [1.807, 2.05) is 0 Å². The Kier molecular flexibility index (Phi) is 4.22. The molecule has 0 bridgehead atoms. The molecule has 0 aliphatic rings. The predicted molar refractivity (Wildman–Crippen MR) is 80.8 cm³/mol. The molecule has 0 saturated heterocycles. The Morgan fingerprint density at radius 3 is 2.50 bits per heavy atom. The SMILES string of the molecule is Nc1ccc(NS(=O)(=O)c2ccc(Cl)c(Br)c2)cc1F. The lowest BCUT2D eigenvalue weighted by molar-refractivity contribution is 0.601. The molecule has 0 amide bonds. The monoisotopic (exact) mass is 378 g/mol. The highest BCUT2D eigenvalue weighted by Gasteiger charge is 2.16. The molecule has 2 rings (SSSR count). The van der Waals surface area contributed by atoms with Gasteiger partial charge in [0.2, 0.25) is 0 Å². The van der Waals surface area contributed by atoms with Gasteiger partial charge in [-0.05, 0) is 46.3 Å². The Labute approximate surface area is 128 Å². The van der Waals surface area contributed by atoms with Gasteiger partial charge in [0.25, 0.3) is 10.0 Å². The maximum Gasteiger partial charge on any atom is 0.261 e. The van der Waals surface area contributed by atoms with Crippen molar-refractivity contribution in [3.05, 3.63) is 51.7 Å². The third-order valence-corrected chi connectivity index (χ3v) is 5.05. The molecule has 2 aromatic carbocycles. The summed E-state index contributed by atoms with van der Waals surface area (Å²) in [5.74, 6) is -0.692. The van der Waals surface area contributed by atoms with Crippen molar-refractivity contribution >= 4 is 48.9 Å². The fourth-order valence-electron chi connectivity index (χ4n) is 1.45. The molecule has 0 unspecified atom stereocenters. The van der Waals surface area contributed by atoms with Crippen LogP contribution in [-0.4, -0.2) is 8.42 Å². The summed E-state index contributed by atoms with van der Waals surface area (Å²) in [5, 5.41) is 0.391. The lowest BCUT2D eigenvalue weighted by Crippen LogP contribution is -2.13. The van der Waals surface area contributed by atoms with Crippen LogP contribution in [0, 0.1) is 5.82 Å². The first-order valence-electron chi connectivity index (χ1n) is 5.32. The zero-order chi connectivity index (χ0) is 14.9. The molecule has 0 atom stereocenters. The van der Waals surface area contributed by atoms with E-state index in [4.69, 9.17) is 17.3 Å². The smallest absolute Gasteiger partial charge is 0.261 e. The van der Waals surface area contributed by atoms with Gasteiger partial charge in [-0.15, -0.1) is 0 Å². The van der Waals surface area contributed by atoms with Gasteiger partial charge in [-0.25, -0.2) is 12.8 Å². The second-order valence-corrected chi connectivity index (χ2v) is 6.86. The topological polar surface area (TPSA) is 72.2 Å². The van der Waals surface area contributed by atoms with Crippen molar-refractivity contribution in [1.82, 2.24) is 0 Å². The first kappa shape index (κ1) is 15.1. The maximum atomic E-state index is 13.3. The number of anilines is 2. The molecule has 0 radical (unpaired) electrons. The van der Waals surface area contributed by atoms with Gasteiger partial charge in [-0.3, -0.25) is 4.72 Å². The highest BCUT2D eigenvalue weighted by molar-refractivity contribution is 9.10. The number of nitrogens with two attached hydrogens (primary N) is 1. The summed E-state index contributed by atoms with van der Waals surface area (Å²) in [6, 6.07) is 7.83. The molecule has 2 aromatic rings. The molecular weight excluding hydrogens is 371 g/mol. The zero-order valence-corrected chi connectivity index (χ0v) is 13.1. The average molecular weight is 380 g/mol. The van der Waals surface area contributed by atoms with Crippen molar-refractivity contribution < 1.29 is 12.8 Å². The van der Waals surface area contributed by atoms with E-state index in [-0.39, 0.29) is 16.3 Å². The first-order chi connectivity index (χ1) is 9.29. The molecule has 0 aromatic heterocycles. The number of hydrogen-bond acceptors (Lipinski definition) is 3. The second kappa shape index (κ2) is 5.59. The summed E-state index contributed by atoms with van der Waals surface area (Å²) in [7, 11) is -3.83. The summed E-state index contributed by atoms with van der Waals surface area (Å²) in [4.78, 5) is 0.00556. The molecule has 0 fully saturated rings. The Balaban J connectivity index is 2.35. The number of sulfonamides is 1. The van der Waals surface area contributed by atoms with Gasteiger partial charge in [-0.1, -0.05) is 11.6 Å². The minimum absolute atomic E-state index is 0.00556. The number of nitrogens with one attached hydrogen (secondary N) is 1. The van der Waals surface area contributed by atoms with Crippen LogP contribution in [0.3, 0.4) is 0 Å². The molecule has 0 aliphatic carbocycles.